The number of aliphatic hydroxyl groups is 1. The van der Waals surface area contributed by atoms with Crippen molar-refractivity contribution < 1.29 is 34.6 Å². The first kappa shape index (κ1) is 25.4. The number of hydrogen-bond acceptors (Lipinski definition) is 7. The second-order valence-electron chi connectivity index (χ2n) is 10.0. The fourth-order valence-electron chi connectivity index (χ4n) is 6.12. The fraction of sp³-hybridized carbons (Fsp3) is 0.219. The molecule has 2 aliphatic rings. The molecule has 2 heterocycles. The predicted molar refractivity (Wildman–Crippen MR) is 141 cm³/mol. The molecule has 0 saturated carbocycles. The van der Waals surface area contributed by atoms with Crippen molar-refractivity contribution in [1.29, 1.82) is 0 Å². The summed E-state index contributed by atoms with van der Waals surface area (Å²) < 4.78 is 5.36. The number of esters is 1. The van der Waals surface area contributed by atoms with Crippen molar-refractivity contribution in [3.63, 3.8) is 0 Å². The summed E-state index contributed by atoms with van der Waals surface area (Å²) in [6.45, 7) is -0.379. The van der Waals surface area contributed by atoms with E-state index in [4.69, 9.17) is 19.4 Å². The van der Waals surface area contributed by atoms with Crippen molar-refractivity contribution in [3.05, 3.63) is 144 Å². The van der Waals surface area contributed by atoms with Crippen molar-refractivity contribution in [3.8, 4) is 0 Å². The highest BCUT2D eigenvalue weighted by Crippen LogP contribution is 2.57. The Kier molecular flexibility index (Phi) is 6.54. The van der Waals surface area contributed by atoms with E-state index in [-0.39, 0.29) is 13.0 Å². The summed E-state index contributed by atoms with van der Waals surface area (Å²) in [6, 6.07) is 37.4. The summed E-state index contributed by atoms with van der Waals surface area (Å²) >= 11 is 0. The maximum Gasteiger partial charge on any atom is 0.315 e. The van der Waals surface area contributed by atoms with E-state index in [9.17, 15) is 15.2 Å². The molecule has 6 rings (SSSR count). The molecule has 0 aliphatic carbocycles. The van der Waals surface area contributed by atoms with E-state index in [0.29, 0.717) is 22.3 Å². The molecular formula is C32H28O7. The van der Waals surface area contributed by atoms with E-state index in [0.717, 1.165) is 0 Å². The van der Waals surface area contributed by atoms with Gasteiger partial charge in [0.1, 0.15) is 12.5 Å². The van der Waals surface area contributed by atoms with Crippen molar-refractivity contribution >= 4 is 5.97 Å². The predicted octanol–water partition coefficient (Wildman–Crippen LogP) is 5.19. The molecule has 2 saturated heterocycles. The van der Waals surface area contributed by atoms with Gasteiger partial charge in [0, 0.05) is 5.92 Å². The van der Waals surface area contributed by atoms with E-state index < -0.39 is 34.8 Å². The zero-order valence-electron chi connectivity index (χ0n) is 21.1. The van der Waals surface area contributed by atoms with Crippen LogP contribution in [0.5, 0.6) is 0 Å². The van der Waals surface area contributed by atoms with Gasteiger partial charge in [-0.05, 0) is 28.7 Å². The Morgan fingerprint density at radius 3 is 1.67 bits per heavy atom. The maximum atomic E-state index is 13.4. The maximum absolute atomic E-state index is 13.4. The highest BCUT2D eigenvalue weighted by Gasteiger charge is 2.68. The molecule has 0 spiro atoms. The lowest BCUT2D eigenvalue weighted by atomic mass is 9.62. The van der Waals surface area contributed by atoms with Gasteiger partial charge in [-0.1, -0.05) is 121 Å². The molecule has 0 bridgehead atoms. The van der Waals surface area contributed by atoms with Crippen LogP contribution in [0.2, 0.25) is 0 Å². The Balaban J connectivity index is 1.63. The van der Waals surface area contributed by atoms with E-state index in [1.165, 1.54) is 0 Å². The first-order valence-electron chi connectivity index (χ1n) is 12.8. The number of cyclic esters (lactones) is 1. The summed E-state index contributed by atoms with van der Waals surface area (Å²) in [6.07, 6.45) is 0.0206. The van der Waals surface area contributed by atoms with Crippen LogP contribution >= 0.6 is 0 Å². The number of carbonyl (C=O) groups is 1. The SMILES string of the molecule is O=C1OCC2(O)OOC(c3ccccc3)(c3ccccc3)C(CC(OO)(c3ccccc3)c3ccccc3)C12. The quantitative estimate of drug-likeness (QED) is 0.195. The lowest BCUT2D eigenvalue weighted by Crippen LogP contribution is -2.60. The third-order valence-electron chi connectivity index (χ3n) is 7.95. The van der Waals surface area contributed by atoms with Crippen LogP contribution in [0.3, 0.4) is 0 Å². The molecule has 2 N–H and O–H groups in total. The minimum atomic E-state index is -2.02. The summed E-state index contributed by atoms with van der Waals surface area (Å²) in [4.78, 5) is 30.8. The molecule has 198 valence electrons. The number of ether oxygens (including phenoxy) is 1. The third-order valence-corrected chi connectivity index (χ3v) is 7.95. The first-order chi connectivity index (χ1) is 19.0. The molecule has 7 heteroatoms. The van der Waals surface area contributed by atoms with Gasteiger partial charge in [0.05, 0.1) is 0 Å². The number of benzene rings is 4. The Morgan fingerprint density at radius 1 is 0.744 bits per heavy atom. The molecule has 3 atom stereocenters. The number of fused-ring (bicyclic) bond motifs is 1. The van der Waals surface area contributed by atoms with Gasteiger partial charge in [0.15, 0.2) is 11.2 Å². The van der Waals surface area contributed by atoms with Crippen LogP contribution in [-0.2, 0) is 35.4 Å². The molecule has 0 amide bonds. The minimum absolute atomic E-state index is 0.0206. The van der Waals surface area contributed by atoms with Gasteiger partial charge in [-0.15, -0.1) is 0 Å². The van der Waals surface area contributed by atoms with Crippen LogP contribution in [0.4, 0.5) is 0 Å². The summed E-state index contributed by atoms with van der Waals surface area (Å²) in [7, 11) is 0. The van der Waals surface area contributed by atoms with Crippen molar-refractivity contribution in [2.45, 2.75) is 23.4 Å². The van der Waals surface area contributed by atoms with Crippen LogP contribution in [0, 0.1) is 11.8 Å². The summed E-state index contributed by atoms with van der Waals surface area (Å²) in [5.41, 5.74) is -0.0835. The van der Waals surface area contributed by atoms with E-state index in [1.54, 1.807) is 0 Å². The van der Waals surface area contributed by atoms with Gasteiger partial charge < -0.3 is 9.84 Å². The number of rotatable bonds is 7. The van der Waals surface area contributed by atoms with E-state index in [2.05, 4.69) is 0 Å². The normalized spacial score (nSPS) is 24.1. The Hall–Kier alpha value is -3.85. The molecule has 0 radical (unpaired) electrons. The monoisotopic (exact) mass is 524 g/mol. The Morgan fingerprint density at radius 2 is 1.21 bits per heavy atom. The average Bonchev–Trinajstić information content (AvgIpc) is 3.32. The van der Waals surface area contributed by atoms with Gasteiger partial charge in [0.2, 0.25) is 5.79 Å². The molecule has 3 unspecified atom stereocenters. The lowest BCUT2D eigenvalue weighted by Gasteiger charge is -2.51. The fourth-order valence-corrected chi connectivity index (χ4v) is 6.12. The third kappa shape index (κ3) is 4.07. The molecule has 39 heavy (non-hydrogen) atoms. The van der Waals surface area contributed by atoms with Gasteiger partial charge in [0.25, 0.3) is 0 Å². The van der Waals surface area contributed by atoms with Crippen molar-refractivity contribution in [2.75, 3.05) is 6.61 Å². The Labute approximate surface area is 226 Å². The summed E-state index contributed by atoms with van der Waals surface area (Å²) in [5.74, 6) is -4.63. The van der Waals surface area contributed by atoms with Crippen molar-refractivity contribution in [1.82, 2.24) is 0 Å². The Bertz CT molecular complexity index is 1330. The molecule has 0 aromatic heterocycles. The first-order valence-corrected chi connectivity index (χ1v) is 12.8. The molecule has 4 aromatic rings. The molecule has 4 aromatic carbocycles. The lowest BCUT2D eigenvalue weighted by molar-refractivity contribution is -0.503. The van der Waals surface area contributed by atoms with Gasteiger partial charge in [-0.25, -0.2) is 9.78 Å². The topological polar surface area (TPSA) is 94.5 Å². The van der Waals surface area contributed by atoms with Crippen LogP contribution < -0.4 is 0 Å². The van der Waals surface area contributed by atoms with E-state index >= 15 is 0 Å². The molecule has 2 aliphatic heterocycles. The second-order valence-corrected chi connectivity index (χ2v) is 10.0. The van der Waals surface area contributed by atoms with Crippen LogP contribution in [0.1, 0.15) is 28.7 Å². The zero-order valence-corrected chi connectivity index (χ0v) is 21.1. The summed E-state index contributed by atoms with van der Waals surface area (Å²) in [5, 5.41) is 22.2. The largest absolute Gasteiger partial charge is 0.459 e. The van der Waals surface area contributed by atoms with Crippen LogP contribution in [0.25, 0.3) is 0 Å². The smallest absolute Gasteiger partial charge is 0.315 e. The highest BCUT2D eigenvalue weighted by molar-refractivity contribution is 5.77. The van der Waals surface area contributed by atoms with Gasteiger partial charge in [-0.2, -0.15) is 4.89 Å². The number of hydrogen-bond donors (Lipinski definition) is 2. The minimum Gasteiger partial charge on any atom is -0.459 e. The van der Waals surface area contributed by atoms with E-state index in [1.807, 2.05) is 121 Å². The second kappa shape index (κ2) is 10.0. The van der Waals surface area contributed by atoms with Gasteiger partial charge in [-0.3, -0.25) is 10.1 Å². The number of carbonyl (C=O) groups excluding carboxylic acids is 1. The average molecular weight is 525 g/mol. The zero-order chi connectivity index (χ0) is 26.9. The van der Waals surface area contributed by atoms with Crippen LogP contribution in [-0.4, -0.2) is 28.7 Å². The molecule has 7 nitrogen and oxygen atoms in total. The van der Waals surface area contributed by atoms with Crippen LogP contribution in [0.15, 0.2) is 121 Å². The standard InChI is InChI=1S/C32H28O7/c33-29-28-27(21-30(37-35,23-13-5-1-6-14-23)24-15-7-2-8-16-24)32(25-17-9-3-10-18-25,26-19-11-4-12-20-26)39-38-31(28,34)22-36-29/h1-20,27-28,34-35H,21-22H2. The van der Waals surface area contributed by atoms with Crippen molar-refractivity contribution in [2.24, 2.45) is 11.8 Å². The molecule has 2 fully saturated rings. The highest BCUT2D eigenvalue weighted by atomic mass is 17.2. The molecular weight excluding hydrogens is 496 g/mol. The van der Waals surface area contributed by atoms with Gasteiger partial charge >= 0.3 is 5.97 Å².